The number of rotatable bonds is 9. The molecular formula is C22H30F2O. The van der Waals surface area contributed by atoms with Crippen molar-refractivity contribution in [3.63, 3.8) is 0 Å². The van der Waals surface area contributed by atoms with Crippen molar-refractivity contribution in [2.75, 3.05) is 0 Å². The average molecular weight is 348 g/mol. The van der Waals surface area contributed by atoms with Gasteiger partial charge in [0.25, 0.3) is 6.43 Å². The first-order chi connectivity index (χ1) is 12.1. The number of allylic oxidation sites excluding steroid dienone is 2. The van der Waals surface area contributed by atoms with Gasteiger partial charge >= 0.3 is 0 Å². The molecule has 0 aliphatic heterocycles. The van der Waals surface area contributed by atoms with Gasteiger partial charge in [-0.3, -0.25) is 0 Å². The van der Waals surface area contributed by atoms with Gasteiger partial charge in [-0.15, -0.1) is 0 Å². The van der Waals surface area contributed by atoms with Gasteiger partial charge in [0.1, 0.15) is 6.10 Å². The van der Waals surface area contributed by atoms with E-state index < -0.39 is 12.5 Å². The quantitative estimate of drug-likeness (QED) is 0.454. The molecular weight excluding hydrogens is 318 g/mol. The predicted molar refractivity (Wildman–Crippen MR) is 101 cm³/mol. The van der Waals surface area contributed by atoms with Gasteiger partial charge in [-0.2, -0.15) is 0 Å². The Morgan fingerprint density at radius 3 is 2.40 bits per heavy atom. The molecule has 138 valence electrons. The molecule has 3 heteroatoms. The second kappa shape index (κ2) is 10.5. The van der Waals surface area contributed by atoms with Crippen LogP contribution < -0.4 is 0 Å². The maximum Gasteiger partial charge on any atom is 0.264 e. The van der Waals surface area contributed by atoms with Crippen LogP contribution >= 0.6 is 0 Å². The second-order valence-corrected chi connectivity index (χ2v) is 6.98. The van der Waals surface area contributed by atoms with Gasteiger partial charge in [-0.05, 0) is 55.6 Å². The van der Waals surface area contributed by atoms with E-state index in [-0.39, 0.29) is 12.5 Å². The fraction of sp³-hybridized carbons (Fsp3) is 0.545. The van der Waals surface area contributed by atoms with Crippen LogP contribution in [0.2, 0.25) is 0 Å². The zero-order valence-electron chi connectivity index (χ0n) is 15.2. The highest BCUT2D eigenvalue weighted by Gasteiger charge is 2.33. The molecule has 1 nitrogen and oxygen atoms in total. The SMILES string of the molecule is C=Cc1ccc(COC(C(F)F)C2CCC(CC/C=C/C)CC2)cc1. The summed E-state index contributed by atoms with van der Waals surface area (Å²) in [6.45, 7) is 5.99. The molecule has 1 unspecified atom stereocenters. The fourth-order valence-corrected chi connectivity index (χ4v) is 3.66. The summed E-state index contributed by atoms with van der Waals surface area (Å²) in [6.07, 6.45) is 8.73. The normalized spacial score (nSPS) is 22.4. The van der Waals surface area contributed by atoms with E-state index in [1.54, 1.807) is 6.08 Å². The van der Waals surface area contributed by atoms with Crippen LogP contribution in [0.3, 0.4) is 0 Å². The molecule has 1 aliphatic rings. The van der Waals surface area contributed by atoms with Crippen LogP contribution in [-0.4, -0.2) is 12.5 Å². The van der Waals surface area contributed by atoms with E-state index in [0.717, 1.165) is 43.2 Å². The summed E-state index contributed by atoms with van der Waals surface area (Å²) < 4.78 is 32.7. The fourth-order valence-electron chi connectivity index (χ4n) is 3.66. The van der Waals surface area contributed by atoms with Crippen LogP contribution in [0.1, 0.15) is 56.6 Å². The summed E-state index contributed by atoms with van der Waals surface area (Å²) >= 11 is 0. The van der Waals surface area contributed by atoms with Gasteiger partial charge in [-0.1, -0.05) is 61.9 Å². The Balaban J connectivity index is 1.83. The Kier molecular flexibility index (Phi) is 8.33. The molecule has 1 fully saturated rings. The molecule has 1 atom stereocenters. The van der Waals surface area contributed by atoms with Crippen LogP contribution in [0.25, 0.3) is 6.08 Å². The minimum absolute atomic E-state index is 0.0228. The monoisotopic (exact) mass is 348 g/mol. The number of ether oxygens (including phenoxy) is 1. The smallest absolute Gasteiger partial charge is 0.264 e. The summed E-state index contributed by atoms with van der Waals surface area (Å²) in [5.74, 6) is 0.655. The topological polar surface area (TPSA) is 9.23 Å². The average Bonchev–Trinajstić information content (AvgIpc) is 2.63. The van der Waals surface area contributed by atoms with E-state index >= 15 is 0 Å². The summed E-state index contributed by atoms with van der Waals surface area (Å²) in [6, 6.07) is 7.69. The Hall–Kier alpha value is -1.48. The van der Waals surface area contributed by atoms with Crippen LogP contribution in [-0.2, 0) is 11.3 Å². The number of halogens is 2. The summed E-state index contributed by atoms with van der Waals surface area (Å²) in [5.41, 5.74) is 1.95. The lowest BCUT2D eigenvalue weighted by molar-refractivity contribution is -0.102. The third kappa shape index (κ3) is 6.39. The van der Waals surface area contributed by atoms with E-state index in [0.29, 0.717) is 5.92 Å². The van der Waals surface area contributed by atoms with Crippen molar-refractivity contribution >= 4 is 6.08 Å². The van der Waals surface area contributed by atoms with Crippen molar-refractivity contribution in [2.24, 2.45) is 11.8 Å². The zero-order valence-corrected chi connectivity index (χ0v) is 15.2. The van der Waals surface area contributed by atoms with E-state index in [4.69, 9.17) is 4.74 Å². The number of hydrogen-bond acceptors (Lipinski definition) is 1. The molecule has 0 spiro atoms. The van der Waals surface area contributed by atoms with Gasteiger partial charge < -0.3 is 4.74 Å². The molecule has 1 aromatic carbocycles. The molecule has 0 amide bonds. The van der Waals surface area contributed by atoms with Gasteiger partial charge in [0.15, 0.2) is 0 Å². The molecule has 1 aromatic rings. The lowest BCUT2D eigenvalue weighted by atomic mass is 9.77. The Bertz CT molecular complexity index is 527. The lowest BCUT2D eigenvalue weighted by Crippen LogP contribution is -2.34. The maximum atomic E-state index is 13.5. The molecule has 0 saturated heterocycles. The van der Waals surface area contributed by atoms with Gasteiger partial charge in [0, 0.05) is 0 Å². The molecule has 0 radical (unpaired) electrons. The van der Waals surface area contributed by atoms with Crippen LogP contribution in [0.5, 0.6) is 0 Å². The molecule has 25 heavy (non-hydrogen) atoms. The third-order valence-corrected chi connectivity index (χ3v) is 5.24. The Labute approximate surface area is 150 Å². The largest absolute Gasteiger partial charge is 0.367 e. The highest BCUT2D eigenvalue weighted by molar-refractivity contribution is 5.47. The zero-order chi connectivity index (χ0) is 18.1. The van der Waals surface area contributed by atoms with E-state index in [1.807, 2.05) is 31.2 Å². The van der Waals surface area contributed by atoms with E-state index in [9.17, 15) is 8.78 Å². The first kappa shape index (κ1) is 19.8. The number of hydrogen-bond donors (Lipinski definition) is 0. The highest BCUT2D eigenvalue weighted by atomic mass is 19.3. The molecule has 0 aromatic heterocycles. The molecule has 0 bridgehead atoms. The standard InChI is InChI=1S/C22H30F2O/c1-3-5-6-7-18-12-14-20(15-13-18)21(22(23)24)25-16-19-10-8-17(4-2)9-11-19/h3-5,8-11,18,20-22H,2,6-7,12-16H2,1H3/b5-3+. The molecule has 0 heterocycles. The van der Waals surface area contributed by atoms with Crippen molar-refractivity contribution in [3.05, 3.63) is 54.1 Å². The minimum atomic E-state index is -2.42. The second-order valence-electron chi connectivity index (χ2n) is 6.98. The van der Waals surface area contributed by atoms with Gasteiger partial charge in [-0.25, -0.2) is 8.78 Å². The number of benzene rings is 1. The molecule has 1 aliphatic carbocycles. The Morgan fingerprint density at radius 1 is 1.16 bits per heavy atom. The summed E-state index contributed by atoms with van der Waals surface area (Å²) in [7, 11) is 0. The maximum absolute atomic E-state index is 13.5. The number of alkyl halides is 2. The van der Waals surface area contributed by atoms with Crippen molar-refractivity contribution in [1.29, 1.82) is 0 Å². The lowest BCUT2D eigenvalue weighted by Gasteiger charge is -2.33. The van der Waals surface area contributed by atoms with Crippen molar-refractivity contribution in [3.8, 4) is 0 Å². The minimum Gasteiger partial charge on any atom is -0.367 e. The van der Waals surface area contributed by atoms with Gasteiger partial charge in [0.2, 0.25) is 0 Å². The predicted octanol–water partition coefficient (Wildman–Crippen LogP) is 6.64. The van der Waals surface area contributed by atoms with E-state index in [1.165, 1.54) is 6.42 Å². The van der Waals surface area contributed by atoms with Crippen molar-refractivity contribution < 1.29 is 13.5 Å². The molecule has 1 saturated carbocycles. The summed E-state index contributed by atoms with van der Waals surface area (Å²) in [4.78, 5) is 0. The first-order valence-corrected chi connectivity index (χ1v) is 9.36. The van der Waals surface area contributed by atoms with Crippen molar-refractivity contribution in [1.82, 2.24) is 0 Å². The van der Waals surface area contributed by atoms with Crippen LogP contribution in [0, 0.1) is 11.8 Å². The third-order valence-electron chi connectivity index (χ3n) is 5.24. The first-order valence-electron chi connectivity index (χ1n) is 9.36. The van der Waals surface area contributed by atoms with Crippen molar-refractivity contribution in [2.45, 2.75) is 64.6 Å². The van der Waals surface area contributed by atoms with Gasteiger partial charge in [0.05, 0.1) is 6.61 Å². The Morgan fingerprint density at radius 2 is 1.84 bits per heavy atom. The highest BCUT2D eigenvalue weighted by Crippen LogP contribution is 2.36. The van der Waals surface area contributed by atoms with E-state index in [2.05, 4.69) is 18.7 Å². The molecule has 2 rings (SSSR count). The van der Waals surface area contributed by atoms with Crippen LogP contribution in [0.15, 0.2) is 43.0 Å². The molecule has 0 N–H and O–H groups in total. The van der Waals surface area contributed by atoms with Crippen LogP contribution in [0.4, 0.5) is 8.78 Å². The summed E-state index contributed by atoms with van der Waals surface area (Å²) in [5, 5.41) is 0.